The fraction of sp³-hybridized carbons (Fsp3) is 0.817. The first kappa shape index (κ1) is 74.1. The number of carbonyl (C=O) groups excluding carboxylic acids is 3. The van der Waals surface area contributed by atoms with Crippen molar-refractivity contribution in [2.75, 3.05) is 13.2 Å². The zero-order valence-electron chi connectivity index (χ0n) is 51.5. The van der Waals surface area contributed by atoms with Crippen molar-refractivity contribution in [3.05, 3.63) is 60.8 Å². The van der Waals surface area contributed by atoms with E-state index in [4.69, 9.17) is 14.2 Å². The number of hydrogen-bond donors (Lipinski definition) is 0. The molecule has 0 saturated heterocycles. The maximum atomic E-state index is 12.8. The van der Waals surface area contributed by atoms with Crippen LogP contribution in [0.25, 0.3) is 0 Å². The van der Waals surface area contributed by atoms with Gasteiger partial charge in [0.05, 0.1) is 0 Å². The third kappa shape index (κ3) is 63.8. The molecule has 1 atom stereocenters. The highest BCUT2D eigenvalue weighted by atomic mass is 16.6. The summed E-state index contributed by atoms with van der Waals surface area (Å²) in [6.07, 6.45) is 84.3. The molecule has 0 aromatic heterocycles. The summed E-state index contributed by atoms with van der Waals surface area (Å²) in [5.41, 5.74) is 0. The van der Waals surface area contributed by atoms with E-state index in [-0.39, 0.29) is 37.5 Å². The Bertz CT molecular complexity index is 1380. The van der Waals surface area contributed by atoms with Crippen molar-refractivity contribution in [1.29, 1.82) is 0 Å². The molecule has 6 heteroatoms. The van der Waals surface area contributed by atoms with Gasteiger partial charge in [-0.3, -0.25) is 14.4 Å². The first-order chi connectivity index (χ1) is 38.0. The largest absolute Gasteiger partial charge is 0.462 e. The molecular weight excluding hydrogens is 949 g/mol. The Labute approximate surface area is 479 Å². The van der Waals surface area contributed by atoms with E-state index < -0.39 is 6.10 Å². The molecule has 0 aliphatic heterocycles. The Morgan fingerprint density at radius 1 is 0.273 bits per heavy atom. The monoisotopic (exact) mass is 1080 g/mol. The summed E-state index contributed by atoms with van der Waals surface area (Å²) in [5, 5.41) is 0. The summed E-state index contributed by atoms with van der Waals surface area (Å²) in [6, 6.07) is 0. The standard InChI is InChI=1S/C71H128O6/c1-4-7-10-13-16-19-21-23-25-27-28-29-30-31-32-33-34-35-36-37-38-39-40-41-42-44-45-47-49-52-55-58-61-64-70(73)76-67-68(66-75-69(72)63-60-57-54-51-18-15-12-9-6-3)77-71(74)65-62-59-56-53-50-48-46-43-26-24-22-20-17-14-11-8-5-2/h8,11,17,20,24,26,46,48,53,56,68H,4-7,9-10,12-16,18-19,21-23,25,27-45,47,49-52,54-55,57-67H2,1-3H3/b11-8-,20-17-,26-24-,48-46-,56-53-. The van der Waals surface area contributed by atoms with Crippen LogP contribution in [0.2, 0.25) is 0 Å². The highest BCUT2D eigenvalue weighted by Gasteiger charge is 2.19. The van der Waals surface area contributed by atoms with Gasteiger partial charge in [-0.2, -0.15) is 0 Å². The van der Waals surface area contributed by atoms with E-state index in [0.717, 1.165) is 77.0 Å². The summed E-state index contributed by atoms with van der Waals surface area (Å²) in [4.78, 5) is 38.1. The van der Waals surface area contributed by atoms with Gasteiger partial charge in [0.15, 0.2) is 6.10 Å². The molecule has 448 valence electrons. The molecule has 0 N–H and O–H groups in total. The van der Waals surface area contributed by atoms with E-state index in [2.05, 4.69) is 81.5 Å². The maximum absolute atomic E-state index is 12.8. The third-order valence-corrected chi connectivity index (χ3v) is 15.0. The number of rotatable bonds is 62. The minimum Gasteiger partial charge on any atom is -0.462 e. The molecule has 77 heavy (non-hydrogen) atoms. The first-order valence-corrected chi connectivity index (χ1v) is 33.8. The average Bonchev–Trinajstić information content (AvgIpc) is 3.43. The van der Waals surface area contributed by atoms with E-state index in [9.17, 15) is 14.4 Å². The summed E-state index contributed by atoms with van der Waals surface area (Å²) in [6.45, 7) is 6.50. The van der Waals surface area contributed by atoms with Crippen molar-refractivity contribution in [1.82, 2.24) is 0 Å². The van der Waals surface area contributed by atoms with Crippen molar-refractivity contribution in [3.63, 3.8) is 0 Å². The highest BCUT2D eigenvalue weighted by Crippen LogP contribution is 2.18. The molecule has 1 unspecified atom stereocenters. The van der Waals surface area contributed by atoms with Crippen LogP contribution in [0.3, 0.4) is 0 Å². The van der Waals surface area contributed by atoms with Gasteiger partial charge in [0.25, 0.3) is 0 Å². The van der Waals surface area contributed by atoms with Gasteiger partial charge >= 0.3 is 17.9 Å². The van der Waals surface area contributed by atoms with Crippen LogP contribution in [0.4, 0.5) is 0 Å². The summed E-state index contributed by atoms with van der Waals surface area (Å²) in [7, 11) is 0. The lowest BCUT2D eigenvalue weighted by atomic mass is 10.0. The van der Waals surface area contributed by atoms with Crippen LogP contribution in [0, 0.1) is 0 Å². The predicted octanol–water partition coefficient (Wildman–Crippen LogP) is 23.1. The van der Waals surface area contributed by atoms with Crippen LogP contribution in [0.1, 0.15) is 355 Å². The molecule has 0 aromatic rings. The second-order valence-corrected chi connectivity index (χ2v) is 22.7. The number of carbonyl (C=O) groups is 3. The number of esters is 3. The topological polar surface area (TPSA) is 78.9 Å². The van der Waals surface area contributed by atoms with Gasteiger partial charge in [-0.05, 0) is 57.8 Å². The third-order valence-electron chi connectivity index (χ3n) is 15.0. The van der Waals surface area contributed by atoms with Gasteiger partial charge in [-0.1, -0.05) is 338 Å². The van der Waals surface area contributed by atoms with E-state index in [1.54, 1.807) is 0 Å². The minimum atomic E-state index is -0.801. The Morgan fingerprint density at radius 2 is 0.506 bits per heavy atom. The Kier molecular flexibility index (Phi) is 63.2. The van der Waals surface area contributed by atoms with Gasteiger partial charge in [0, 0.05) is 19.3 Å². The first-order valence-electron chi connectivity index (χ1n) is 33.8. The fourth-order valence-electron chi connectivity index (χ4n) is 10.0. The smallest absolute Gasteiger partial charge is 0.306 e. The van der Waals surface area contributed by atoms with Gasteiger partial charge in [-0.15, -0.1) is 0 Å². The number of allylic oxidation sites excluding steroid dienone is 10. The lowest BCUT2D eigenvalue weighted by Gasteiger charge is -2.18. The zero-order chi connectivity index (χ0) is 55.7. The molecule has 6 nitrogen and oxygen atoms in total. The van der Waals surface area contributed by atoms with Crippen LogP contribution in [0.5, 0.6) is 0 Å². The van der Waals surface area contributed by atoms with Crippen LogP contribution in [-0.4, -0.2) is 37.2 Å². The molecule has 0 saturated carbocycles. The number of ether oxygens (including phenoxy) is 3. The number of hydrogen-bond acceptors (Lipinski definition) is 6. The summed E-state index contributed by atoms with van der Waals surface area (Å²) < 4.78 is 16.8. The van der Waals surface area contributed by atoms with Crippen molar-refractivity contribution in [2.45, 2.75) is 361 Å². The Balaban J connectivity index is 4.06. The van der Waals surface area contributed by atoms with Crippen LogP contribution in [0.15, 0.2) is 60.8 Å². The lowest BCUT2D eigenvalue weighted by molar-refractivity contribution is -0.167. The normalized spacial score (nSPS) is 12.4. The van der Waals surface area contributed by atoms with E-state index >= 15 is 0 Å². The van der Waals surface area contributed by atoms with Crippen LogP contribution < -0.4 is 0 Å². The molecule has 0 radical (unpaired) electrons. The average molecular weight is 1080 g/mol. The van der Waals surface area contributed by atoms with Crippen molar-refractivity contribution < 1.29 is 28.6 Å². The molecule has 0 bridgehead atoms. The number of unbranched alkanes of at least 4 members (excludes halogenated alkanes) is 41. The van der Waals surface area contributed by atoms with Crippen molar-refractivity contribution in [2.24, 2.45) is 0 Å². The fourth-order valence-corrected chi connectivity index (χ4v) is 10.0. The Hall–Kier alpha value is -2.89. The summed E-state index contributed by atoms with van der Waals surface area (Å²) in [5.74, 6) is -0.939. The molecule has 0 aliphatic carbocycles. The second kappa shape index (κ2) is 65.6. The van der Waals surface area contributed by atoms with Crippen LogP contribution >= 0.6 is 0 Å². The van der Waals surface area contributed by atoms with Gasteiger partial charge in [0.2, 0.25) is 0 Å². The molecular formula is C71H128O6. The van der Waals surface area contributed by atoms with E-state index in [1.807, 2.05) is 0 Å². The van der Waals surface area contributed by atoms with Gasteiger partial charge in [0.1, 0.15) is 13.2 Å². The molecule has 0 amide bonds. The second-order valence-electron chi connectivity index (χ2n) is 22.7. The zero-order valence-corrected chi connectivity index (χ0v) is 51.5. The van der Waals surface area contributed by atoms with Gasteiger partial charge in [-0.25, -0.2) is 0 Å². The summed E-state index contributed by atoms with van der Waals surface area (Å²) >= 11 is 0. The van der Waals surface area contributed by atoms with Crippen molar-refractivity contribution in [3.8, 4) is 0 Å². The molecule has 0 aromatic carbocycles. The lowest BCUT2D eigenvalue weighted by Crippen LogP contribution is -2.30. The molecule has 0 rings (SSSR count). The highest BCUT2D eigenvalue weighted by molar-refractivity contribution is 5.71. The van der Waals surface area contributed by atoms with Crippen molar-refractivity contribution >= 4 is 17.9 Å². The predicted molar refractivity (Wildman–Crippen MR) is 335 cm³/mol. The molecule has 0 aliphatic rings. The SMILES string of the molecule is CC/C=C\C/C=C\C/C=C\C/C=C\C/C=C\CCCC(=O)OC(COC(=O)CCCCCCCCCCC)COC(=O)CCCCCCCCCCCCCCCCCCCCCCCCCCCCCCCCCCC. The molecule has 0 heterocycles. The van der Waals surface area contributed by atoms with Gasteiger partial charge < -0.3 is 14.2 Å². The minimum absolute atomic E-state index is 0.0929. The van der Waals surface area contributed by atoms with E-state index in [1.165, 1.54) is 231 Å². The quantitative estimate of drug-likeness (QED) is 0.0261. The molecule has 0 spiro atoms. The maximum Gasteiger partial charge on any atom is 0.306 e. The van der Waals surface area contributed by atoms with E-state index in [0.29, 0.717) is 19.3 Å². The Morgan fingerprint density at radius 3 is 0.779 bits per heavy atom. The molecule has 0 fully saturated rings. The van der Waals surface area contributed by atoms with Crippen LogP contribution in [-0.2, 0) is 28.6 Å².